The Hall–Kier alpha value is -2.87. The first kappa shape index (κ1) is 15.4. The van der Waals surface area contributed by atoms with Crippen molar-refractivity contribution in [1.29, 1.82) is 0 Å². The number of rotatable bonds is 5. The van der Waals surface area contributed by atoms with Gasteiger partial charge >= 0.3 is 0 Å². The lowest BCUT2D eigenvalue weighted by Gasteiger charge is -2.45. The van der Waals surface area contributed by atoms with Crippen LogP contribution in [0.1, 0.15) is 30.1 Å². The van der Waals surface area contributed by atoms with Crippen molar-refractivity contribution in [2.45, 2.75) is 37.0 Å². The van der Waals surface area contributed by atoms with Gasteiger partial charge in [0, 0.05) is 31.6 Å². The maximum absolute atomic E-state index is 12.4. The third-order valence-electron chi connectivity index (χ3n) is 5.48. The largest absolute Gasteiger partial charge is 0.472 e. The molecule has 2 saturated heterocycles. The van der Waals surface area contributed by atoms with Crippen LogP contribution in [0.25, 0.3) is 5.65 Å². The van der Waals surface area contributed by atoms with E-state index in [2.05, 4.69) is 20.7 Å². The number of hydrogen-bond acceptors (Lipinski definition) is 6. The molecule has 6 rings (SSSR count). The minimum Gasteiger partial charge on any atom is -0.472 e. The molecule has 0 radical (unpaired) electrons. The second-order valence-corrected chi connectivity index (χ2v) is 7.22. The van der Waals surface area contributed by atoms with Crippen LogP contribution >= 0.6 is 0 Å². The van der Waals surface area contributed by atoms with Crippen LogP contribution < -0.4 is 10.6 Å². The van der Waals surface area contributed by atoms with Crippen molar-refractivity contribution in [2.75, 3.05) is 11.9 Å². The zero-order chi connectivity index (χ0) is 17.8. The number of fused-ring (bicyclic) bond motifs is 2. The number of anilines is 1. The summed E-state index contributed by atoms with van der Waals surface area (Å²) < 4.78 is 12.9. The van der Waals surface area contributed by atoms with E-state index >= 15 is 0 Å². The molecule has 2 bridgehead atoms. The van der Waals surface area contributed by atoms with Gasteiger partial charge in [0.05, 0.1) is 35.3 Å². The number of aromatic nitrogens is 3. The van der Waals surface area contributed by atoms with Crippen LogP contribution in [0.3, 0.4) is 0 Å². The number of furan rings is 1. The summed E-state index contributed by atoms with van der Waals surface area (Å²) in [6.45, 7) is 2.67. The van der Waals surface area contributed by atoms with E-state index in [9.17, 15) is 4.79 Å². The Kier molecular flexibility index (Phi) is 3.14. The summed E-state index contributed by atoms with van der Waals surface area (Å²) in [5.41, 5.74) is 0.756. The number of carbonyl (C=O) groups is 1. The molecule has 1 unspecified atom stereocenters. The standard InChI is InChI=1S/C18H19N5O3/c1-12-18(22-16(24)13-4-7-25-8-13)9-17(10-18,26-12)11-19-14-3-6-23-15(21-14)2-5-20-23/h2-8,12H,9-11H2,1H3,(H,19,21)(H,22,24). The lowest BCUT2D eigenvalue weighted by Crippen LogP contribution is -2.63. The molecule has 8 nitrogen and oxygen atoms in total. The molecule has 26 heavy (non-hydrogen) atoms. The first-order valence-corrected chi connectivity index (χ1v) is 8.64. The predicted molar refractivity (Wildman–Crippen MR) is 92.9 cm³/mol. The zero-order valence-electron chi connectivity index (χ0n) is 14.3. The van der Waals surface area contributed by atoms with Crippen LogP contribution in [0.15, 0.2) is 47.5 Å². The van der Waals surface area contributed by atoms with E-state index in [1.165, 1.54) is 12.5 Å². The molecule has 1 amide bonds. The molecule has 3 aromatic heterocycles. The maximum atomic E-state index is 12.4. The van der Waals surface area contributed by atoms with E-state index in [0.29, 0.717) is 12.1 Å². The molecule has 8 heteroatoms. The van der Waals surface area contributed by atoms with Gasteiger partial charge in [0.15, 0.2) is 5.65 Å². The summed E-state index contributed by atoms with van der Waals surface area (Å²) in [5, 5.41) is 10.6. The molecule has 1 atom stereocenters. The van der Waals surface area contributed by atoms with E-state index in [1.54, 1.807) is 16.8 Å². The number of nitrogens with zero attached hydrogens (tertiary/aromatic N) is 3. The summed E-state index contributed by atoms with van der Waals surface area (Å²) in [7, 11) is 0. The number of ether oxygens (including phenoxy) is 1. The normalized spacial score (nSPS) is 29.5. The Labute approximate surface area is 149 Å². The second-order valence-electron chi connectivity index (χ2n) is 7.22. The molecule has 2 N–H and O–H groups in total. The quantitative estimate of drug-likeness (QED) is 0.727. The summed E-state index contributed by atoms with van der Waals surface area (Å²) in [6, 6.07) is 5.41. The first-order valence-electron chi connectivity index (χ1n) is 8.64. The van der Waals surface area contributed by atoms with E-state index in [1.807, 2.05) is 25.3 Å². The van der Waals surface area contributed by atoms with Crippen LogP contribution in [0.2, 0.25) is 0 Å². The van der Waals surface area contributed by atoms with Gasteiger partial charge in [-0.2, -0.15) is 5.10 Å². The molecule has 134 valence electrons. The molecular formula is C18H19N5O3. The Morgan fingerprint density at radius 2 is 2.27 bits per heavy atom. The molecule has 2 aliphatic heterocycles. The zero-order valence-corrected chi connectivity index (χ0v) is 14.3. The fourth-order valence-electron chi connectivity index (χ4n) is 4.17. The SMILES string of the molecule is CC1OC2(CNc3ccn4nccc4n3)CC1(NC(=O)c1ccoc1)C2. The fourth-order valence-corrected chi connectivity index (χ4v) is 4.17. The summed E-state index contributed by atoms with van der Waals surface area (Å²) in [4.78, 5) is 16.9. The van der Waals surface area contributed by atoms with Crippen molar-refractivity contribution in [2.24, 2.45) is 0 Å². The van der Waals surface area contributed by atoms with Gasteiger partial charge in [0.25, 0.3) is 5.91 Å². The number of amides is 1. The van der Waals surface area contributed by atoms with Crippen LogP contribution in [0.5, 0.6) is 0 Å². The van der Waals surface area contributed by atoms with Crippen molar-refractivity contribution in [3.63, 3.8) is 0 Å². The average molecular weight is 353 g/mol. The first-order chi connectivity index (χ1) is 12.6. The Morgan fingerprint density at radius 1 is 1.38 bits per heavy atom. The van der Waals surface area contributed by atoms with E-state index in [4.69, 9.17) is 9.15 Å². The number of carbonyl (C=O) groups excluding carboxylic acids is 1. The Morgan fingerprint density at radius 3 is 3.08 bits per heavy atom. The lowest BCUT2D eigenvalue weighted by atomic mass is 9.66. The molecular weight excluding hydrogens is 334 g/mol. The maximum Gasteiger partial charge on any atom is 0.255 e. The van der Waals surface area contributed by atoms with E-state index in [-0.39, 0.29) is 23.2 Å². The summed E-state index contributed by atoms with van der Waals surface area (Å²) >= 11 is 0. The summed E-state index contributed by atoms with van der Waals surface area (Å²) in [6.07, 6.45) is 8.08. The topological polar surface area (TPSA) is 93.7 Å². The van der Waals surface area contributed by atoms with Crippen molar-refractivity contribution in [3.8, 4) is 0 Å². The molecule has 0 aromatic carbocycles. The monoisotopic (exact) mass is 353 g/mol. The molecule has 3 aromatic rings. The average Bonchev–Trinajstić information content (AvgIpc) is 3.35. The minimum absolute atomic E-state index is 0.0366. The molecule has 0 spiro atoms. The van der Waals surface area contributed by atoms with Crippen molar-refractivity contribution < 1.29 is 13.9 Å². The van der Waals surface area contributed by atoms with Gasteiger partial charge in [-0.3, -0.25) is 4.79 Å². The van der Waals surface area contributed by atoms with Gasteiger partial charge < -0.3 is 19.8 Å². The van der Waals surface area contributed by atoms with Gasteiger partial charge in [-0.1, -0.05) is 0 Å². The number of nitrogens with one attached hydrogen (secondary N) is 2. The van der Waals surface area contributed by atoms with Gasteiger partial charge in [-0.15, -0.1) is 0 Å². The van der Waals surface area contributed by atoms with Crippen LogP contribution in [-0.2, 0) is 4.74 Å². The van der Waals surface area contributed by atoms with Crippen LogP contribution in [-0.4, -0.2) is 44.3 Å². The fraction of sp³-hybridized carbons (Fsp3) is 0.389. The van der Waals surface area contributed by atoms with E-state index < -0.39 is 0 Å². The Balaban J connectivity index is 1.25. The highest BCUT2D eigenvalue weighted by atomic mass is 16.5. The lowest BCUT2D eigenvalue weighted by molar-refractivity contribution is -0.00983. The van der Waals surface area contributed by atoms with Gasteiger partial charge in [0.2, 0.25) is 0 Å². The second kappa shape index (κ2) is 5.31. The summed E-state index contributed by atoms with van der Waals surface area (Å²) in [5.74, 6) is 0.668. The molecule has 1 aliphatic carbocycles. The van der Waals surface area contributed by atoms with Gasteiger partial charge in [-0.25, -0.2) is 9.50 Å². The van der Waals surface area contributed by atoms with Gasteiger partial charge in [0.1, 0.15) is 12.1 Å². The predicted octanol–water partition coefficient (Wildman–Crippen LogP) is 1.85. The van der Waals surface area contributed by atoms with Crippen LogP contribution in [0.4, 0.5) is 5.82 Å². The molecule has 5 heterocycles. The molecule has 1 saturated carbocycles. The molecule has 3 aliphatic rings. The van der Waals surface area contributed by atoms with Gasteiger partial charge in [-0.05, 0) is 19.1 Å². The van der Waals surface area contributed by atoms with Crippen LogP contribution in [0, 0.1) is 0 Å². The van der Waals surface area contributed by atoms with Crippen molar-refractivity contribution in [1.82, 2.24) is 19.9 Å². The minimum atomic E-state index is -0.307. The highest BCUT2D eigenvalue weighted by molar-refractivity contribution is 5.94. The van der Waals surface area contributed by atoms with Crippen molar-refractivity contribution in [3.05, 3.63) is 48.7 Å². The highest BCUT2D eigenvalue weighted by Crippen LogP contribution is 2.55. The third kappa shape index (κ3) is 2.29. The number of hydrogen-bond donors (Lipinski definition) is 2. The third-order valence-corrected chi connectivity index (χ3v) is 5.48. The van der Waals surface area contributed by atoms with E-state index in [0.717, 1.165) is 24.3 Å². The van der Waals surface area contributed by atoms with Crippen molar-refractivity contribution >= 4 is 17.4 Å². The highest BCUT2D eigenvalue weighted by Gasteiger charge is 2.66. The smallest absolute Gasteiger partial charge is 0.255 e. The molecule has 3 fully saturated rings. The Bertz CT molecular complexity index is 958.